The predicted molar refractivity (Wildman–Crippen MR) is 104 cm³/mol. The average Bonchev–Trinajstić information content (AvgIpc) is 3.17. The van der Waals surface area contributed by atoms with Gasteiger partial charge in [0.2, 0.25) is 0 Å². The van der Waals surface area contributed by atoms with Crippen LogP contribution in [0.5, 0.6) is 0 Å². The molecule has 0 bridgehead atoms. The number of phosphoric ester groups is 1. The Hall–Kier alpha value is -0.450. The SMILES string of the molecule is O=P(O)(O)OP(=O)(O)OP(=O)(O)OC[C@H]1O[C@@H](n2ccc3ncsc3c2=S)C(O)[C@H]1O. The molecule has 1 aliphatic rings. The number of hydrogen-bond acceptors (Lipinski definition) is 12. The van der Waals surface area contributed by atoms with Gasteiger partial charge in [-0.3, -0.25) is 4.52 Å². The van der Waals surface area contributed by atoms with Crippen molar-refractivity contribution in [1.82, 2.24) is 9.55 Å². The van der Waals surface area contributed by atoms with Crippen LogP contribution in [-0.2, 0) is 31.6 Å². The number of rotatable bonds is 8. The van der Waals surface area contributed by atoms with Crippen LogP contribution in [0.4, 0.5) is 0 Å². The smallest absolute Gasteiger partial charge is 0.387 e. The molecular formula is C11H15N2O13P3S2. The Morgan fingerprint density at radius 2 is 1.81 bits per heavy atom. The molecule has 0 spiro atoms. The van der Waals surface area contributed by atoms with Crippen molar-refractivity contribution in [1.29, 1.82) is 0 Å². The van der Waals surface area contributed by atoms with Crippen LogP contribution in [0.2, 0.25) is 0 Å². The van der Waals surface area contributed by atoms with Gasteiger partial charge in [-0.05, 0) is 6.07 Å². The maximum absolute atomic E-state index is 11.8. The summed E-state index contributed by atoms with van der Waals surface area (Å²) in [5.74, 6) is 0. The van der Waals surface area contributed by atoms with Crippen molar-refractivity contribution >= 4 is 57.2 Å². The van der Waals surface area contributed by atoms with Gasteiger partial charge in [0.25, 0.3) is 0 Å². The highest BCUT2D eigenvalue weighted by Crippen LogP contribution is 2.66. The lowest BCUT2D eigenvalue weighted by atomic mass is 10.1. The largest absolute Gasteiger partial charge is 0.490 e. The molecule has 0 amide bonds. The minimum absolute atomic E-state index is 0.254. The van der Waals surface area contributed by atoms with Gasteiger partial charge in [0.05, 0.1) is 22.3 Å². The lowest BCUT2D eigenvalue weighted by molar-refractivity contribution is -0.0525. The zero-order chi connectivity index (χ0) is 23.2. The second-order valence-electron chi connectivity index (χ2n) is 6.03. The van der Waals surface area contributed by atoms with Gasteiger partial charge in [-0.15, -0.1) is 11.3 Å². The molecule has 20 heteroatoms. The Kier molecular flexibility index (Phi) is 7.36. The van der Waals surface area contributed by atoms with Crippen molar-refractivity contribution in [2.24, 2.45) is 0 Å². The van der Waals surface area contributed by atoms with E-state index >= 15 is 0 Å². The summed E-state index contributed by atoms with van der Waals surface area (Å²) in [6.07, 6.45) is -4.31. The standard InChI is InChI=1S/C11H15N2O13P3S2/c14-7-6(3-23-28(19,20)26-29(21,22)25-27(16,17)18)24-10(8(7)15)13-2-1-5-9(11(13)30)31-4-12-5/h1-2,4,6-8,10,14-15H,3H2,(H,19,20)(H,21,22)(H2,16,17,18)/t6-,7+,8?,10-/m1/s1. The highest BCUT2D eigenvalue weighted by molar-refractivity contribution is 7.71. The summed E-state index contributed by atoms with van der Waals surface area (Å²) in [5, 5.41) is 20.5. The minimum Gasteiger partial charge on any atom is -0.387 e. The fourth-order valence-corrected chi connectivity index (χ4v) is 6.80. The number of ether oxygens (including phenoxy) is 1. The highest BCUT2D eigenvalue weighted by atomic mass is 32.1. The van der Waals surface area contributed by atoms with Crippen LogP contribution < -0.4 is 0 Å². The predicted octanol–water partition coefficient (Wildman–Crippen LogP) is 0.790. The normalized spacial score (nSPS) is 28.5. The van der Waals surface area contributed by atoms with Crippen molar-refractivity contribution in [3.63, 3.8) is 0 Å². The molecule has 0 saturated carbocycles. The van der Waals surface area contributed by atoms with Crippen LogP contribution in [-0.4, -0.2) is 64.3 Å². The summed E-state index contributed by atoms with van der Waals surface area (Å²) in [4.78, 5) is 39.7. The maximum Gasteiger partial charge on any atom is 0.490 e. The summed E-state index contributed by atoms with van der Waals surface area (Å²) >= 11 is 6.58. The summed E-state index contributed by atoms with van der Waals surface area (Å²) < 4.78 is 53.0. The maximum atomic E-state index is 11.8. The molecule has 1 fully saturated rings. The summed E-state index contributed by atoms with van der Waals surface area (Å²) in [6, 6.07) is 1.60. The molecule has 3 unspecified atom stereocenters. The molecule has 0 radical (unpaired) electrons. The third-order valence-corrected chi connectivity index (χ3v) is 9.04. The van der Waals surface area contributed by atoms with Gasteiger partial charge in [0, 0.05) is 6.20 Å². The number of thiazole rings is 1. The van der Waals surface area contributed by atoms with Gasteiger partial charge in [-0.1, -0.05) is 12.2 Å². The Morgan fingerprint density at radius 3 is 2.45 bits per heavy atom. The molecule has 2 aromatic heterocycles. The van der Waals surface area contributed by atoms with Crippen LogP contribution in [0.25, 0.3) is 10.2 Å². The topological polar surface area (TPSA) is 227 Å². The molecule has 1 saturated heterocycles. The fourth-order valence-electron chi connectivity index (χ4n) is 2.64. The quantitative estimate of drug-likeness (QED) is 0.201. The summed E-state index contributed by atoms with van der Waals surface area (Å²) in [5.41, 5.74) is 2.18. The van der Waals surface area contributed by atoms with Crippen LogP contribution in [0.15, 0.2) is 17.8 Å². The fraction of sp³-hybridized carbons (Fsp3) is 0.455. The molecular weight excluding hydrogens is 525 g/mol. The molecule has 6 N–H and O–H groups in total. The van der Waals surface area contributed by atoms with Gasteiger partial charge in [0.15, 0.2) is 6.23 Å². The lowest BCUT2D eigenvalue weighted by Gasteiger charge is -2.19. The average molecular weight is 540 g/mol. The van der Waals surface area contributed by atoms with E-state index in [4.69, 9.17) is 31.6 Å². The number of pyridine rings is 1. The first-order chi connectivity index (χ1) is 14.2. The number of aliphatic hydroxyl groups excluding tert-OH is 2. The van der Waals surface area contributed by atoms with E-state index in [9.17, 15) is 28.8 Å². The molecule has 6 atom stereocenters. The second kappa shape index (κ2) is 9.06. The Bertz CT molecular complexity index is 1160. The molecule has 3 heterocycles. The van der Waals surface area contributed by atoms with Crippen molar-refractivity contribution in [3.05, 3.63) is 22.4 Å². The zero-order valence-electron chi connectivity index (χ0n) is 14.8. The molecule has 1 aliphatic heterocycles. The molecule has 2 aromatic rings. The van der Waals surface area contributed by atoms with Crippen LogP contribution in [0.1, 0.15) is 6.23 Å². The van der Waals surface area contributed by atoms with Crippen LogP contribution in [0.3, 0.4) is 0 Å². The van der Waals surface area contributed by atoms with E-state index in [0.717, 1.165) is 0 Å². The van der Waals surface area contributed by atoms with E-state index < -0.39 is 54.6 Å². The first kappa shape index (κ1) is 25.2. The Balaban J connectivity index is 1.69. The Morgan fingerprint density at radius 1 is 1.13 bits per heavy atom. The minimum atomic E-state index is -5.68. The van der Waals surface area contributed by atoms with E-state index in [1.54, 1.807) is 11.6 Å². The molecule has 15 nitrogen and oxygen atoms in total. The first-order valence-electron chi connectivity index (χ1n) is 7.93. The zero-order valence-corrected chi connectivity index (χ0v) is 19.2. The van der Waals surface area contributed by atoms with Crippen molar-refractivity contribution in [2.45, 2.75) is 24.5 Å². The van der Waals surface area contributed by atoms with E-state index in [1.165, 1.54) is 22.1 Å². The number of phosphoric acid groups is 3. The van der Waals surface area contributed by atoms with Gasteiger partial charge in [-0.2, -0.15) is 8.62 Å². The monoisotopic (exact) mass is 540 g/mol. The second-order valence-corrected chi connectivity index (χ2v) is 11.7. The Labute approximate surface area is 181 Å². The van der Waals surface area contributed by atoms with Crippen molar-refractivity contribution in [3.8, 4) is 0 Å². The number of nitrogens with zero attached hydrogens (tertiary/aromatic N) is 2. The van der Waals surface area contributed by atoms with Crippen LogP contribution >= 0.6 is 47.0 Å². The molecule has 3 rings (SSSR count). The molecule has 0 aliphatic carbocycles. The van der Waals surface area contributed by atoms with E-state index in [1.807, 2.05) is 0 Å². The number of hydrogen-bond donors (Lipinski definition) is 6. The number of aromatic nitrogens is 2. The third-order valence-electron chi connectivity index (χ3n) is 3.85. The van der Waals surface area contributed by atoms with Gasteiger partial charge >= 0.3 is 23.5 Å². The van der Waals surface area contributed by atoms with Crippen molar-refractivity contribution in [2.75, 3.05) is 6.61 Å². The lowest BCUT2D eigenvalue weighted by Crippen LogP contribution is -2.33. The van der Waals surface area contributed by atoms with Crippen molar-refractivity contribution < 1.29 is 61.4 Å². The highest BCUT2D eigenvalue weighted by Gasteiger charge is 2.46. The number of fused-ring (bicyclic) bond motifs is 1. The van der Waals surface area contributed by atoms with E-state index in [2.05, 4.69) is 18.1 Å². The summed E-state index contributed by atoms with van der Waals surface area (Å²) in [7, 11) is -16.6. The van der Waals surface area contributed by atoms with Crippen LogP contribution in [0, 0.1) is 4.64 Å². The molecule has 0 aromatic carbocycles. The van der Waals surface area contributed by atoms with E-state index in [0.29, 0.717) is 10.2 Å². The number of aliphatic hydroxyl groups is 2. The van der Waals surface area contributed by atoms with Gasteiger partial charge < -0.3 is 39.1 Å². The van der Waals surface area contributed by atoms with Gasteiger partial charge in [0.1, 0.15) is 23.0 Å². The molecule has 31 heavy (non-hydrogen) atoms. The molecule has 174 valence electrons. The third kappa shape index (κ3) is 6.12. The first-order valence-corrected chi connectivity index (χ1v) is 13.7. The summed E-state index contributed by atoms with van der Waals surface area (Å²) in [6.45, 7) is -0.922. The van der Waals surface area contributed by atoms with E-state index in [-0.39, 0.29) is 4.64 Å². The van der Waals surface area contributed by atoms with Gasteiger partial charge in [-0.25, -0.2) is 18.7 Å².